The third kappa shape index (κ3) is 2.62. The number of nitrogens with zero attached hydrogens (tertiary/aromatic N) is 1. The lowest BCUT2D eigenvalue weighted by Crippen LogP contribution is -2.06. The number of carbonyl (C=O) groups is 1. The fraction of sp³-hybridized carbons (Fsp3) is 0.267. The Morgan fingerprint density at radius 2 is 1.94 bits per heavy atom. The van der Waals surface area contributed by atoms with Gasteiger partial charge >= 0.3 is 5.97 Å². The molecule has 0 fully saturated rings. The standard InChI is InChI=1S/C15H17NO2/c1-12-14(15(17)18-2)9-11-16(12)10-8-13-6-4-3-5-7-13/h3-7,9,11H,8,10H2,1-2H3. The molecule has 0 saturated carbocycles. The molecule has 0 amide bonds. The molecular weight excluding hydrogens is 226 g/mol. The molecule has 0 aliphatic heterocycles. The molecule has 3 nitrogen and oxygen atoms in total. The summed E-state index contributed by atoms with van der Waals surface area (Å²) in [5.41, 5.74) is 2.90. The minimum Gasteiger partial charge on any atom is -0.465 e. The van der Waals surface area contributed by atoms with Crippen LogP contribution >= 0.6 is 0 Å². The Morgan fingerprint density at radius 1 is 1.22 bits per heavy atom. The Labute approximate surface area is 107 Å². The normalized spacial score (nSPS) is 10.3. The predicted molar refractivity (Wildman–Crippen MR) is 70.7 cm³/mol. The van der Waals surface area contributed by atoms with Crippen molar-refractivity contribution in [2.45, 2.75) is 19.9 Å². The van der Waals surface area contributed by atoms with Crippen LogP contribution < -0.4 is 0 Å². The van der Waals surface area contributed by atoms with Gasteiger partial charge in [0.05, 0.1) is 12.7 Å². The van der Waals surface area contributed by atoms with Crippen LogP contribution in [-0.2, 0) is 17.7 Å². The van der Waals surface area contributed by atoms with Gasteiger partial charge in [0.1, 0.15) is 0 Å². The molecule has 0 aliphatic rings. The van der Waals surface area contributed by atoms with Crippen LogP contribution in [0.15, 0.2) is 42.6 Å². The number of benzene rings is 1. The molecule has 18 heavy (non-hydrogen) atoms. The van der Waals surface area contributed by atoms with Crippen molar-refractivity contribution in [1.82, 2.24) is 4.57 Å². The first-order valence-electron chi connectivity index (χ1n) is 6.00. The number of rotatable bonds is 4. The first kappa shape index (κ1) is 12.4. The van der Waals surface area contributed by atoms with E-state index in [-0.39, 0.29) is 5.97 Å². The number of aryl methyl sites for hydroxylation is 2. The summed E-state index contributed by atoms with van der Waals surface area (Å²) in [4.78, 5) is 11.5. The summed E-state index contributed by atoms with van der Waals surface area (Å²) in [5, 5.41) is 0. The van der Waals surface area contributed by atoms with Gasteiger partial charge in [0.25, 0.3) is 0 Å². The average molecular weight is 243 g/mol. The molecule has 0 radical (unpaired) electrons. The molecule has 1 aromatic carbocycles. The highest BCUT2D eigenvalue weighted by molar-refractivity contribution is 5.90. The fourth-order valence-electron chi connectivity index (χ4n) is 2.01. The molecule has 0 atom stereocenters. The second-order valence-corrected chi connectivity index (χ2v) is 4.24. The van der Waals surface area contributed by atoms with E-state index in [0.29, 0.717) is 5.56 Å². The van der Waals surface area contributed by atoms with Gasteiger partial charge in [-0.2, -0.15) is 0 Å². The second-order valence-electron chi connectivity index (χ2n) is 4.24. The zero-order chi connectivity index (χ0) is 13.0. The van der Waals surface area contributed by atoms with E-state index < -0.39 is 0 Å². The summed E-state index contributed by atoms with van der Waals surface area (Å²) in [7, 11) is 1.41. The number of aromatic nitrogens is 1. The topological polar surface area (TPSA) is 31.2 Å². The molecule has 3 heteroatoms. The maximum Gasteiger partial charge on any atom is 0.339 e. The first-order valence-corrected chi connectivity index (χ1v) is 6.00. The molecular formula is C15H17NO2. The van der Waals surface area contributed by atoms with Crippen molar-refractivity contribution < 1.29 is 9.53 Å². The van der Waals surface area contributed by atoms with E-state index in [1.54, 1.807) is 0 Å². The van der Waals surface area contributed by atoms with Gasteiger partial charge in [0.15, 0.2) is 0 Å². The van der Waals surface area contributed by atoms with Crippen LogP contribution in [0.5, 0.6) is 0 Å². The summed E-state index contributed by atoms with van der Waals surface area (Å²) in [6.45, 7) is 2.81. The minimum atomic E-state index is -0.272. The highest BCUT2D eigenvalue weighted by Gasteiger charge is 2.12. The Kier molecular flexibility index (Phi) is 3.82. The van der Waals surface area contributed by atoms with Crippen molar-refractivity contribution in [1.29, 1.82) is 0 Å². The highest BCUT2D eigenvalue weighted by atomic mass is 16.5. The number of esters is 1. The lowest BCUT2D eigenvalue weighted by atomic mass is 10.1. The van der Waals surface area contributed by atoms with Gasteiger partial charge < -0.3 is 9.30 Å². The van der Waals surface area contributed by atoms with Gasteiger partial charge in [-0.15, -0.1) is 0 Å². The third-order valence-electron chi connectivity index (χ3n) is 3.13. The largest absolute Gasteiger partial charge is 0.465 e. The van der Waals surface area contributed by atoms with Crippen molar-refractivity contribution in [3.8, 4) is 0 Å². The lowest BCUT2D eigenvalue weighted by Gasteiger charge is -2.07. The molecule has 2 aromatic rings. The van der Waals surface area contributed by atoms with Crippen molar-refractivity contribution in [2.24, 2.45) is 0 Å². The number of hydrogen-bond donors (Lipinski definition) is 0. The van der Waals surface area contributed by atoms with Gasteiger partial charge in [-0.3, -0.25) is 0 Å². The molecule has 2 rings (SSSR count). The average Bonchev–Trinajstić information content (AvgIpc) is 2.78. The monoisotopic (exact) mass is 243 g/mol. The number of carbonyl (C=O) groups excluding carboxylic acids is 1. The molecule has 0 spiro atoms. The second kappa shape index (κ2) is 5.54. The van der Waals surface area contributed by atoms with Gasteiger partial charge in [0.2, 0.25) is 0 Å². The molecule has 0 aliphatic carbocycles. The Morgan fingerprint density at radius 3 is 2.61 bits per heavy atom. The minimum absolute atomic E-state index is 0.272. The zero-order valence-electron chi connectivity index (χ0n) is 10.7. The Balaban J connectivity index is 2.07. The van der Waals surface area contributed by atoms with E-state index in [0.717, 1.165) is 18.7 Å². The van der Waals surface area contributed by atoms with Crippen LogP contribution in [0.1, 0.15) is 21.6 Å². The molecule has 1 aromatic heterocycles. The zero-order valence-corrected chi connectivity index (χ0v) is 10.7. The first-order chi connectivity index (χ1) is 8.72. The van der Waals surface area contributed by atoms with E-state index >= 15 is 0 Å². The molecule has 0 bridgehead atoms. The highest BCUT2D eigenvalue weighted by Crippen LogP contribution is 2.12. The van der Waals surface area contributed by atoms with Crippen LogP contribution in [0.3, 0.4) is 0 Å². The van der Waals surface area contributed by atoms with E-state index in [1.807, 2.05) is 37.4 Å². The maximum absolute atomic E-state index is 11.5. The van der Waals surface area contributed by atoms with Gasteiger partial charge in [-0.25, -0.2) is 4.79 Å². The predicted octanol–water partition coefficient (Wildman–Crippen LogP) is 2.83. The van der Waals surface area contributed by atoms with Gasteiger partial charge in [-0.1, -0.05) is 30.3 Å². The van der Waals surface area contributed by atoms with Crippen LogP contribution in [0.4, 0.5) is 0 Å². The molecule has 0 saturated heterocycles. The van der Waals surface area contributed by atoms with Crippen molar-refractivity contribution in [2.75, 3.05) is 7.11 Å². The van der Waals surface area contributed by atoms with E-state index in [2.05, 4.69) is 16.7 Å². The molecule has 0 N–H and O–H groups in total. The maximum atomic E-state index is 11.5. The number of methoxy groups -OCH3 is 1. The third-order valence-corrected chi connectivity index (χ3v) is 3.13. The van der Waals surface area contributed by atoms with Crippen LogP contribution in [-0.4, -0.2) is 17.6 Å². The Bertz CT molecular complexity index is 529. The van der Waals surface area contributed by atoms with E-state index in [1.165, 1.54) is 12.7 Å². The lowest BCUT2D eigenvalue weighted by molar-refractivity contribution is 0.0600. The molecule has 1 heterocycles. The van der Waals surface area contributed by atoms with E-state index in [9.17, 15) is 4.79 Å². The summed E-state index contributed by atoms with van der Waals surface area (Å²) < 4.78 is 6.82. The van der Waals surface area contributed by atoms with Crippen LogP contribution in [0, 0.1) is 6.92 Å². The van der Waals surface area contributed by atoms with Crippen LogP contribution in [0.25, 0.3) is 0 Å². The quantitative estimate of drug-likeness (QED) is 0.773. The van der Waals surface area contributed by atoms with Crippen LogP contribution in [0.2, 0.25) is 0 Å². The van der Waals surface area contributed by atoms with Crippen molar-refractivity contribution in [3.05, 3.63) is 59.4 Å². The van der Waals surface area contributed by atoms with Gasteiger partial charge in [0, 0.05) is 18.4 Å². The number of hydrogen-bond acceptors (Lipinski definition) is 2. The SMILES string of the molecule is COC(=O)c1ccn(CCc2ccccc2)c1C. The summed E-state index contributed by atoms with van der Waals surface area (Å²) >= 11 is 0. The van der Waals surface area contributed by atoms with Gasteiger partial charge in [-0.05, 0) is 25.0 Å². The summed E-state index contributed by atoms with van der Waals surface area (Å²) in [6, 6.07) is 12.1. The summed E-state index contributed by atoms with van der Waals surface area (Å²) in [5.74, 6) is -0.272. The smallest absolute Gasteiger partial charge is 0.339 e. The Hall–Kier alpha value is -2.03. The van der Waals surface area contributed by atoms with Crippen molar-refractivity contribution >= 4 is 5.97 Å². The summed E-state index contributed by atoms with van der Waals surface area (Å²) in [6.07, 6.45) is 2.89. The molecule has 94 valence electrons. The fourth-order valence-corrected chi connectivity index (χ4v) is 2.01. The number of ether oxygens (including phenoxy) is 1. The van der Waals surface area contributed by atoms with Crippen molar-refractivity contribution in [3.63, 3.8) is 0 Å². The molecule has 0 unspecified atom stereocenters. The van der Waals surface area contributed by atoms with E-state index in [4.69, 9.17) is 4.74 Å².